The number of furan rings is 1. The standard InChI is InChI=1S/C25H24N6O2S/c1-30(2)8-9-31-13-18-11-22(20(12-21(18)29-31)17-7-10-33-14-17)27-24(32)23-15-34-25(28-23)16-3-5-19(26)6-4-16/h3-7,10-15H,8-9,26H2,1-2H3,(H,27,32). The van der Waals surface area contributed by atoms with Crippen molar-refractivity contribution in [1.29, 1.82) is 0 Å². The Bertz CT molecular complexity index is 1430. The van der Waals surface area contributed by atoms with Gasteiger partial charge in [-0.1, -0.05) is 0 Å². The molecule has 0 bridgehead atoms. The minimum atomic E-state index is -0.276. The molecule has 8 nitrogen and oxygen atoms in total. The number of nitrogens with zero attached hydrogens (tertiary/aromatic N) is 4. The number of fused-ring (bicyclic) bond motifs is 1. The van der Waals surface area contributed by atoms with Crippen LogP contribution in [-0.4, -0.2) is 46.2 Å². The maximum Gasteiger partial charge on any atom is 0.275 e. The van der Waals surface area contributed by atoms with Gasteiger partial charge in [-0.3, -0.25) is 9.48 Å². The molecule has 0 fully saturated rings. The molecule has 3 N–H and O–H groups in total. The molecular formula is C25H24N6O2S. The third-order valence-electron chi connectivity index (χ3n) is 5.44. The molecule has 3 aromatic heterocycles. The second-order valence-electron chi connectivity index (χ2n) is 8.28. The Labute approximate surface area is 200 Å². The fourth-order valence-corrected chi connectivity index (χ4v) is 4.43. The lowest BCUT2D eigenvalue weighted by molar-refractivity contribution is 0.102. The number of nitrogens with two attached hydrogens (primary N) is 1. The Balaban J connectivity index is 1.45. The molecule has 3 heterocycles. The summed E-state index contributed by atoms with van der Waals surface area (Å²) in [5, 5.41) is 11.2. The second kappa shape index (κ2) is 9.12. The highest BCUT2D eigenvalue weighted by atomic mass is 32.1. The number of hydrogen-bond donors (Lipinski definition) is 2. The molecule has 0 aliphatic heterocycles. The predicted octanol–water partition coefficient (Wildman–Crippen LogP) is 4.82. The van der Waals surface area contributed by atoms with E-state index in [9.17, 15) is 4.79 Å². The number of nitrogens with one attached hydrogen (secondary N) is 1. The van der Waals surface area contributed by atoms with Gasteiger partial charge in [0.05, 0.1) is 24.6 Å². The van der Waals surface area contributed by atoms with Crippen LogP contribution < -0.4 is 11.1 Å². The summed E-state index contributed by atoms with van der Waals surface area (Å²) in [4.78, 5) is 19.8. The Kier molecular flexibility index (Phi) is 5.87. The SMILES string of the molecule is CN(C)CCn1cc2cc(NC(=O)c3csc(-c4ccc(N)cc4)n3)c(-c3ccoc3)cc2n1. The molecule has 0 unspecified atom stereocenters. The second-order valence-corrected chi connectivity index (χ2v) is 9.14. The Morgan fingerprint density at radius 1 is 1.18 bits per heavy atom. The molecule has 1 amide bonds. The smallest absolute Gasteiger partial charge is 0.275 e. The van der Waals surface area contributed by atoms with Crippen molar-refractivity contribution >= 4 is 39.5 Å². The average Bonchev–Trinajstić information content (AvgIpc) is 3.58. The van der Waals surface area contributed by atoms with Crippen LogP contribution in [0.1, 0.15) is 10.5 Å². The first-order valence-corrected chi connectivity index (χ1v) is 11.7. The zero-order valence-electron chi connectivity index (χ0n) is 18.9. The van der Waals surface area contributed by atoms with Crippen LogP contribution in [0.5, 0.6) is 0 Å². The lowest BCUT2D eigenvalue weighted by atomic mass is 10.0. The van der Waals surface area contributed by atoms with E-state index in [-0.39, 0.29) is 5.91 Å². The number of amides is 1. The number of rotatable bonds is 7. The van der Waals surface area contributed by atoms with Gasteiger partial charge in [0.1, 0.15) is 10.7 Å². The van der Waals surface area contributed by atoms with Crippen molar-refractivity contribution in [3.05, 3.63) is 72.3 Å². The molecule has 9 heteroatoms. The first-order valence-electron chi connectivity index (χ1n) is 10.8. The van der Waals surface area contributed by atoms with E-state index in [0.29, 0.717) is 17.1 Å². The fraction of sp³-hybridized carbons (Fsp3) is 0.160. The zero-order chi connectivity index (χ0) is 23.7. The number of hydrogen-bond acceptors (Lipinski definition) is 7. The topological polar surface area (TPSA) is 102 Å². The van der Waals surface area contributed by atoms with E-state index in [1.54, 1.807) is 17.9 Å². The summed E-state index contributed by atoms with van der Waals surface area (Å²) in [6.07, 6.45) is 5.26. The molecule has 0 saturated heterocycles. The number of likely N-dealkylation sites (N-methyl/N-ethyl adjacent to an activating group) is 1. The largest absolute Gasteiger partial charge is 0.472 e. The zero-order valence-corrected chi connectivity index (χ0v) is 19.7. The summed E-state index contributed by atoms with van der Waals surface area (Å²) in [6.45, 7) is 1.66. The quantitative estimate of drug-likeness (QED) is 0.329. The number of aromatic nitrogens is 3. The molecule has 0 radical (unpaired) electrons. The van der Waals surface area contributed by atoms with Crippen LogP contribution in [0.25, 0.3) is 32.6 Å². The van der Waals surface area contributed by atoms with Crippen LogP contribution in [0, 0.1) is 0 Å². The molecule has 5 aromatic rings. The first-order chi connectivity index (χ1) is 16.5. The van der Waals surface area contributed by atoms with Gasteiger partial charge < -0.3 is 20.4 Å². The van der Waals surface area contributed by atoms with Crippen molar-refractivity contribution in [3.63, 3.8) is 0 Å². The number of benzene rings is 2. The minimum absolute atomic E-state index is 0.276. The Hall–Kier alpha value is -3.95. The van der Waals surface area contributed by atoms with Crippen LogP contribution in [0.3, 0.4) is 0 Å². The molecule has 172 valence electrons. The molecule has 2 aromatic carbocycles. The highest BCUT2D eigenvalue weighted by Crippen LogP contribution is 2.33. The monoisotopic (exact) mass is 472 g/mol. The molecule has 0 saturated carbocycles. The van der Waals surface area contributed by atoms with Crippen molar-refractivity contribution in [2.75, 3.05) is 31.7 Å². The summed E-state index contributed by atoms with van der Waals surface area (Å²) in [5.74, 6) is -0.276. The van der Waals surface area contributed by atoms with Crippen LogP contribution in [0.2, 0.25) is 0 Å². The average molecular weight is 473 g/mol. The van der Waals surface area contributed by atoms with Gasteiger partial charge in [0.15, 0.2) is 0 Å². The van der Waals surface area contributed by atoms with Crippen LogP contribution >= 0.6 is 11.3 Å². The van der Waals surface area contributed by atoms with E-state index in [1.807, 2.05) is 67.4 Å². The fourth-order valence-electron chi connectivity index (χ4n) is 3.62. The molecule has 0 aliphatic rings. The molecule has 34 heavy (non-hydrogen) atoms. The highest BCUT2D eigenvalue weighted by molar-refractivity contribution is 7.13. The van der Waals surface area contributed by atoms with E-state index >= 15 is 0 Å². The van der Waals surface area contributed by atoms with Gasteiger partial charge in [0, 0.05) is 51.6 Å². The van der Waals surface area contributed by atoms with E-state index in [0.717, 1.165) is 45.7 Å². The van der Waals surface area contributed by atoms with Crippen molar-refractivity contribution in [2.45, 2.75) is 6.54 Å². The Morgan fingerprint density at radius 2 is 2.00 bits per heavy atom. The van der Waals surface area contributed by atoms with Crippen molar-refractivity contribution in [3.8, 4) is 21.7 Å². The number of thiazole rings is 1. The lowest BCUT2D eigenvalue weighted by Crippen LogP contribution is -2.18. The number of carbonyl (C=O) groups excluding carboxylic acids is 1. The maximum absolute atomic E-state index is 13.1. The van der Waals surface area contributed by atoms with E-state index in [1.165, 1.54) is 11.3 Å². The number of nitrogen functional groups attached to an aromatic ring is 1. The molecule has 5 rings (SSSR count). The predicted molar refractivity (Wildman–Crippen MR) is 136 cm³/mol. The van der Waals surface area contributed by atoms with Crippen LogP contribution in [0.4, 0.5) is 11.4 Å². The number of anilines is 2. The van der Waals surface area contributed by atoms with Crippen LogP contribution in [0.15, 0.2) is 71.0 Å². The summed E-state index contributed by atoms with van der Waals surface area (Å²) < 4.78 is 7.22. The van der Waals surface area contributed by atoms with E-state index in [4.69, 9.17) is 15.2 Å². The lowest BCUT2D eigenvalue weighted by Gasteiger charge is -2.09. The van der Waals surface area contributed by atoms with E-state index < -0.39 is 0 Å². The minimum Gasteiger partial charge on any atom is -0.472 e. The van der Waals surface area contributed by atoms with Gasteiger partial charge in [-0.2, -0.15) is 5.10 Å². The molecule has 0 aliphatic carbocycles. The number of carbonyl (C=O) groups is 1. The summed E-state index contributed by atoms with van der Waals surface area (Å²) in [5.41, 5.74) is 11.0. The summed E-state index contributed by atoms with van der Waals surface area (Å²) >= 11 is 1.42. The van der Waals surface area contributed by atoms with Gasteiger partial charge in [-0.25, -0.2) is 4.98 Å². The first kappa shape index (κ1) is 21.9. The van der Waals surface area contributed by atoms with Crippen LogP contribution in [-0.2, 0) is 6.54 Å². The van der Waals surface area contributed by atoms with Gasteiger partial charge in [-0.15, -0.1) is 11.3 Å². The molecular weight excluding hydrogens is 448 g/mol. The van der Waals surface area contributed by atoms with Gasteiger partial charge >= 0.3 is 0 Å². The van der Waals surface area contributed by atoms with Gasteiger partial charge in [0.25, 0.3) is 5.91 Å². The third-order valence-corrected chi connectivity index (χ3v) is 6.33. The normalized spacial score (nSPS) is 11.4. The summed E-state index contributed by atoms with van der Waals surface area (Å²) in [7, 11) is 4.07. The van der Waals surface area contributed by atoms with Gasteiger partial charge in [-0.05, 0) is 56.6 Å². The van der Waals surface area contributed by atoms with E-state index in [2.05, 4.69) is 15.2 Å². The maximum atomic E-state index is 13.1. The van der Waals surface area contributed by atoms with Crippen molar-refractivity contribution in [1.82, 2.24) is 19.7 Å². The molecule has 0 atom stereocenters. The Morgan fingerprint density at radius 3 is 2.74 bits per heavy atom. The third kappa shape index (κ3) is 4.57. The van der Waals surface area contributed by atoms with Gasteiger partial charge in [0.2, 0.25) is 0 Å². The highest BCUT2D eigenvalue weighted by Gasteiger charge is 2.17. The molecule has 0 spiro atoms. The van der Waals surface area contributed by atoms with Crippen molar-refractivity contribution in [2.24, 2.45) is 0 Å². The summed E-state index contributed by atoms with van der Waals surface area (Å²) in [6, 6.07) is 13.2. The van der Waals surface area contributed by atoms with Crippen molar-refractivity contribution < 1.29 is 9.21 Å².